The molecule has 1 saturated carbocycles. The number of hydrogen-bond donors (Lipinski definition) is 3. The molecule has 0 spiro atoms. The lowest BCUT2D eigenvalue weighted by molar-refractivity contribution is -0.151. The zero-order chi connectivity index (χ0) is 13.0. The van der Waals surface area contributed by atoms with E-state index in [-0.39, 0.29) is 5.91 Å². The second-order valence-electron chi connectivity index (χ2n) is 5.54. The second-order valence-corrected chi connectivity index (χ2v) is 5.54. The normalized spacial score (nSPS) is 26.1. The molecule has 0 radical (unpaired) electrons. The van der Waals surface area contributed by atoms with Crippen molar-refractivity contribution >= 4 is 11.9 Å². The van der Waals surface area contributed by atoms with E-state index in [1.54, 1.807) is 0 Å². The molecule has 0 aromatic rings. The van der Waals surface area contributed by atoms with Gasteiger partial charge in [0, 0.05) is 6.42 Å². The van der Waals surface area contributed by atoms with Gasteiger partial charge in [0.05, 0.1) is 0 Å². The first kappa shape index (κ1) is 13.3. The lowest BCUT2D eigenvalue weighted by Gasteiger charge is -2.38. The summed E-state index contributed by atoms with van der Waals surface area (Å²) < 4.78 is 0. The number of nitrogens with one attached hydrogen (secondary N) is 2. The Balaban J connectivity index is 1.73. The highest BCUT2D eigenvalue weighted by atomic mass is 16.4. The molecular formula is C13H22N2O3. The molecule has 102 valence electrons. The van der Waals surface area contributed by atoms with Gasteiger partial charge in [-0.1, -0.05) is 0 Å². The summed E-state index contributed by atoms with van der Waals surface area (Å²) in [6.45, 7) is 2.06. The average Bonchev–Trinajstić information content (AvgIpc) is 2.32. The number of rotatable bonds is 5. The molecule has 0 aromatic heterocycles. The standard InChI is InChI=1S/C13H22N2O3/c16-11(5-4-10-3-1-8-14-9-10)15-13(12(17)18)6-2-7-13/h10,14H,1-9H2,(H,15,16)(H,17,18). The van der Waals surface area contributed by atoms with Crippen molar-refractivity contribution in [3.05, 3.63) is 0 Å². The number of aliphatic carboxylic acids is 1. The van der Waals surface area contributed by atoms with Crippen LogP contribution in [0.1, 0.15) is 44.9 Å². The van der Waals surface area contributed by atoms with Gasteiger partial charge in [-0.3, -0.25) is 4.79 Å². The summed E-state index contributed by atoms with van der Waals surface area (Å²) in [7, 11) is 0. The molecule has 0 aromatic carbocycles. The third kappa shape index (κ3) is 3.02. The molecule has 1 heterocycles. The van der Waals surface area contributed by atoms with Crippen molar-refractivity contribution in [2.45, 2.75) is 50.5 Å². The van der Waals surface area contributed by atoms with E-state index < -0.39 is 11.5 Å². The van der Waals surface area contributed by atoms with Crippen LogP contribution >= 0.6 is 0 Å². The Labute approximate surface area is 107 Å². The van der Waals surface area contributed by atoms with E-state index in [4.69, 9.17) is 5.11 Å². The van der Waals surface area contributed by atoms with Gasteiger partial charge in [-0.2, -0.15) is 0 Å². The van der Waals surface area contributed by atoms with E-state index in [2.05, 4.69) is 10.6 Å². The highest BCUT2D eigenvalue weighted by Gasteiger charge is 2.45. The smallest absolute Gasteiger partial charge is 0.329 e. The Morgan fingerprint density at radius 1 is 1.33 bits per heavy atom. The highest BCUT2D eigenvalue weighted by Crippen LogP contribution is 2.32. The van der Waals surface area contributed by atoms with Crippen molar-refractivity contribution in [2.24, 2.45) is 5.92 Å². The summed E-state index contributed by atoms with van der Waals surface area (Å²) in [6.07, 6.45) is 5.67. The summed E-state index contributed by atoms with van der Waals surface area (Å²) in [5, 5.41) is 15.2. The molecule has 0 bridgehead atoms. The fraction of sp³-hybridized carbons (Fsp3) is 0.846. The van der Waals surface area contributed by atoms with Crippen molar-refractivity contribution in [2.75, 3.05) is 13.1 Å². The largest absolute Gasteiger partial charge is 0.480 e. The van der Waals surface area contributed by atoms with Gasteiger partial charge in [-0.25, -0.2) is 4.79 Å². The molecule has 1 unspecified atom stereocenters. The SMILES string of the molecule is O=C(CCC1CCCNC1)NC1(C(=O)O)CCC1. The van der Waals surface area contributed by atoms with E-state index in [0.717, 1.165) is 25.9 Å². The number of carboxylic acids is 1. The average molecular weight is 254 g/mol. The van der Waals surface area contributed by atoms with Crippen molar-refractivity contribution in [1.29, 1.82) is 0 Å². The zero-order valence-electron chi connectivity index (χ0n) is 10.7. The van der Waals surface area contributed by atoms with Crippen LogP contribution in [0.2, 0.25) is 0 Å². The molecule has 3 N–H and O–H groups in total. The van der Waals surface area contributed by atoms with Gasteiger partial charge in [-0.05, 0) is 57.5 Å². The molecule has 18 heavy (non-hydrogen) atoms. The molecule has 1 amide bonds. The first-order valence-corrected chi connectivity index (χ1v) is 6.87. The molecule has 2 aliphatic rings. The Morgan fingerprint density at radius 2 is 2.11 bits per heavy atom. The Hall–Kier alpha value is -1.10. The van der Waals surface area contributed by atoms with Gasteiger partial charge in [0.2, 0.25) is 5.91 Å². The molecule has 1 atom stereocenters. The fourth-order valence-corrected chi connectivity index (χ4v) is 2.76. The molecular weight excluding hydrogens is 232 g/mol. The first-order valence-electron chi connectivity index (χ1n) is 6.87. The minimum absolute atomic E-state index is 0.109. The summed E-state index contributed by atoms with van der Waals surface area (Å²) in [5.41, 5.74) is -0.956. The van der Waals surface area contributed by atoms with Gasteiger partial charge >= 0.3 is 5.97 Å². The van der Waals surface area contributed by atoms with E-state index >= 15 is 0 Å². The van der Waals surface area contributed by atoms with Crippen LogP contribution in [0.4, 0.5) is 0 Å². The van der Waals surface area contributed by atoms with Gasteiger partial charge in [0.25, 0.3) is 0 Å². The third-order valence-corrected chi connectivity index (χ3v) is 4.17. The Kier molecular flexibility index (Phi) is 4.22. The molecule has 5 nitrogen and oxygen atoms in total. The number of carbonyl (C=O) groups excluding carboxylic acids is 1. The van der Waals surface area contributed by atoms with E-state index in [9.17, 15) is 9.59 Å². The van der Waals surface area contributed by atoms with Gasteiger partial charge < -0.3 is 15.7 Å². The maximum absolute atomic E-state index is 11.8. The van der Waals surface area contributed by atoms with Gasteiger partial charge in [-0.15, -0.1) is 0 Å². The molecule has 2 fully saturated rings. The number of hydrogen-bond acceptors (Lipinski definition) is 3. The van der Waals surface area contributed by atoms with Crippen LogP contribution in [0, 0.1) is 5.92 Å². The summed E-state index contributed by atoms with van der Waals surface area (Å²) in [5.74, 6) is -0.434. The molecule has 2 rings (SSSR count). The third-order valence-electron chi connectivity index (χ3n) is 4.17. The van der Waals surface area contributed by atoms with Crippen LogP contribution < -0.4 is 10.6 Å². The predicted molar refractivity (Wildman–Crippen MR) is 67.2 cm³/mol. The van der Waals surface area contributed by atoms with E-state index in [1.165, 1.54) is 12.8 Å². The maximum atomic E-state index is 11.8. The predicted octanol–water partition coefficient (Wildman–Crippen LogP) is 0.890. The van der Waals surface area contributed by atoms with Crippen LogP contribution in [0.15, 0.2) is 0 Å². The molecule has 1 aliphatic heterocycles. The van der Waals surface area contributed by atoms with Crippen molar-refractivity contribution < 1.29 is 14.7 Å². The van der Waals surface area contributed by atoms with Crippen LogP contribution in [-0.2, 0) is 9.59 Å². The number of carbonyl (C=O) groups is 2. The van der Waals surface area contributed by atoms with Crippen LogP contribution in [-0.4, -0.2) is 35.6 Å². The number of carboxylic acid groups (broad SMARTS) is 1. The van der Waals surface area contributed by atoms with Crippen molar-refractivity contribution in [1.82, 2.24) is 10.6 Å². The lowest BCUT2D eigenvalue weighted by atomic mass is 9.76. The highest BCUT2D eigenvalue weighted by molar-refractivity contribution is 5.87. The quantitative estimate of drug-likeness (QED) is 0.681. The van der Waals surface area contributed by atoms with E-state index in [0.29, 0.717) is 25.2 Å². The van der Waals surface area contributed by atoms with Crippen LogP contribution in [0.3, 0.4) is 0 Å². The summed E-state index contributed by atoms with van der Waals surface area (Å²) >= 11 is 0. The van der Waals surface area contributed by atoms with Crippen LogP contribution in [0.25, 0.3) is 0 Å². The van der Waals surface area contributed by atoms with Gasteiger partial charge in [0.15, 0.2) is 0 Å². The fourth-order valence-electron chi connectivity index (χ4n) is 2.76. The Morgan fingerprint density at radius 3 is 2.61 bits per heavy atom. The number of amides is 1. The monoisotopic (exact) mass is 254 g/mol. The minimum atomic E-state index is -0.956. The first-order chi connectivity index (χ1) is 8.62. The second kappa shape index (κ2) is 5.69. The molecule has 1 saturated heterocycles. The van der Waals surface area contributed by atoms with E-state index in [1.807, 2.05) is 0 Å². The topological polar surface area (TPSA) is 78.4 Å². The minimum Gasteiger partial charge on any atom is -0.480 e. The molecule has 5 heteroatoms. The molecule has 1 aliphatic carbocycles. The Bertz CT molecular complexity index is 320. The zero-order valence-corrected chi connectivity index (χ0v) is 10.7. The van der Waals surface area contributed by atoms with Gasteiger partial charge in [0.1, 0.15) is 5.54 Å². The maximum Gasteiger partial charge on any atom is 0.329 e. The summed E-state index contributed by atoms with van der Waals surface area (Å²) in [6, 6.07) is 0. The van der Waals surface area contributed by atoms with Crippen LogP contribution in [0.5, 0.6) is 0 Å². The van der Waals surface area contributed by atoms with Crippen molar-refractivity contribution in [3.8, 4) is 0 Å². The lowest BCUT2D eigenvalue weighted by Crippen LogP contribution is -2.59. The summed E-state index contributed by atoms with van der Waals surface area (Å²) in [4.78, 5) is 22.9. The van der Waals surface area contributed by atoms with Crippen molar-refractivity contribution in [3.63, 3.8) is 0 Å². The number of piperidine rings is 1.